The average molecular weight is 280 g/mol. The van der Waals surface area contributed by atoms with E-state index in [1.165, 1.54) is 48.8 Å². The summed E-state index contributed by atoms with van der Waals surface area (Å²) in [5.74, 6) is 0. The van der Waals surface area contributed by atoms with Gasteiger partial charge in [0.25, 0.3) is 0 Å². The van der Waals surface area contributed by atoms with Crippen molar-refractivity contribution in [3.05, 3.63) is 48.0 Å². The van der Waals surface area contributed by atoms with Crippen LogP contribution >= 0.6 is 0 Å². The summed E-state index contributed by atoms with van der Waals surface area (Å²) in [6.45, 7) is 7.30. The summed E-state index contributed by atoms with van der Waals surface area (Å²) >= 11 is 0. The van der Waals surface area contributed by atoms with E-state index in [1.54, 1.807) is 0 Å². The van der Waals surface area contributed by atoms with Crippen LogP contribution < -0.4 is 0 Å². The number of nitrogens with zero attached hydrogens (tertiary/aromatic N) is 2. The zero-order valence-electron chi connectivity index (χ0n) is 12.8. The van der Waals surface area contributed by atoms with Crippen molar-refractivity contribution in [2.24, 2.45) is 0 Å². The molecule has 2 aliphatic rings. The highest BCUT2D eigenvalue weighted by Gasteiger charge is 2.36. The van der Waals surface area contributed by atoms with Gasteiger partial charge >= 0.3 is 0 Å². The van der Waals surface area contributed by atoms with Gasteiger partial charge in [0.2, 0.25) is 0 Å². The Hall–Kier alpha value is -1.38. The minimum Gasteiger partial charge on any atom is -0.298 e. The Kier molecular flexibility index (Phi) is 3.44. The second-order valence-corrected chi connectivity index (χ2v) is 6.64. The Morgan fingerprint density at radius 3 is 2.76 bits per heavy atom. The van der Waals surface area contributed by atoms with E-state index in [0.29, 0.717) is 6.04 Å². The van der Waals surface area contributed by atoms with Crippen LogP contribution in [0, 0.1) is 0 Å². The van der Waals surface area contributed by atoms with E-state index in [4.69, 9.17) is 0 Å². The van der Waals surface area contributed by atoms with Crippen LogP contribution in [-0.4, -0.2) is 41.5 Å². The van der Waals surface area contributed by atoms with Gasteiger partial charge in [-0.25, -0.2) is 0 Å². The number of hydrogen-bond donors (Lipinski definition) is 0. The lowest BCUT2D eigenvalue weighted by Gasteiger charge is -2.43. The number of piperazine rings is 1. The Bertz CT molecular complexity index is 636. The first kappa shape index (κ1) is 13.3. The quantitative estimate of drug-likeness (QED) is 0.830. The second-order valence-electron chi connectivity index (χ2n) is 6.64. The standard InChI is InChI=1S/C19H24N2/c1-15-19-7-4-10-20(19)11-12-21(15)14-16-8-9-17-5-2-3-6-18(17)13-16/h2-3,5-6,8-9,13,15,19H,4,7,10-12,14H2,1H3/t15-,19-/m0/s1. The van der Waals surface area contributed by atoms with E-state index in [-0.39, 0.29) is 0 Å². The molecule has 0 unspecified atom stereocenters. The maximum atomic E-state index is 2.70. The van der Waals surface area contributed by atoms with Crippen LogP contribution in [0.3, 0.4) is 0 Å². The summed E-state index contributed by atoms with van der Waals surface area (Å²) in [7, 11) is 0. The highest BCUT2D eigenvalue weighted by Crippen LogP contribution is 2.28. The third kappa shape index (κ3) is 2.47. The first-order valence-electron chi connectivity index (χ1n) is 8.27. The first-order chi connectivity index (χ1) is 10.3. The van der Waals surface area contributed by atoms with Crippen molar-refractivity contribution in [2.45, 2.75) is 38.4 Å². The molecule has 4 rings (SSSR count). The first-order valence-corrected chi connectivity index (χ1v) is 8.27. The van der Waals surface area contributed by atoms with E-state index in [9.17, 15) is 0 Å². The molecule has 2 heterocycles. The fraction of sp³-hybridized carbons (Fsp3) is 0.474. The van der Waals surface area contributed by atoms with Crippen molar-refractivity contribution in [2.75, 3.05) is 19.6 Å². The van der Waals surface area contributed by atoms with E-state index in [0.717, 1.165) is 12.6 Å². The smallest absolute Gasteiger partial charge is 0.0250 e. The monoisotopic (exact) mass is 280 g/mol. The Morgan fingerprint density at radius 2 is 1.86 bits per heavy atom. The number of rotatable bonds is 2. The van der Waals surface area contributed by atoms with E-state index in [1.807, 2.05) is 0 Å². The summed E-state index contributed by atoms with van der Waals surface area (Å²) < 4.78 is 0. The van der Waals surface area contributed by atoms with Gasteiger partial charge in [-0.3, -0.25) is 9.80 Å². The molecule has 2 fully saturated rings. The van der Waals surface area contributed by atoms with Crippen molar-refractivity contribution in [3.8, 4) is 0 Å². The molecule has 2 nitrogen and oxygen atoms in total. The van der Waals surface area contributed by atoms with Gasteiger partial charge in [-0.2, -0.15) is 0 Å². The number of benzene rings is 2. The second kappa shape index (κ2) is 5.43. The SMILES string of the molecule is C[C@H]1[C@@H]2CCCN2CCN1Cc1ccc2ccccc2c1. The minimum absolute atomic E-state index is 0.688. The van der Waals surface area contributed by atoms with Gasteiger partial charge in [0.1, 0.15) is 0 Å². The maximum Gasteiger partial charge on any atom is 0.0250 e. The van der Waals surface area contributed by atoms with Gasteiger partial charge < -0.3 is 0 Å². The van der Waals surface area contributed by atoms with E-state index < -0.39 is 0 Å². The Morgan fingerprint density at radius 1 is 1.00 bits per heavy atom. The van der Waals surface area contributed by atoms with Crippen LogP contribution in [0.1, 0.15) is 25.3 Å². The molecule has 0 spiro atoms. The van der Waals surface area contributed by atoms with Crippen molar-refractivity contribution in [1.29, 1.82) is 0 Å². The van der Waals surface area contributed by atoms with Gasteiger partial charge in [0, 0.05) is 31.7 Å². The molecule has 2 atom stereocenters. The van der Waals surface area contributed by atoms with Gasteiger partial charge in [-0.05, 0) is 48.7 Å². The van der Waals surface area contributed by atoms with Gasteiger partial charge in [0.05, 0.1) is 0 Å². The molecule has 2 heteroatoms. The van der Waals surface area contributed by atoms with Crippen LogP contribution in [0.5, 0.6) is 0 Å². The van der Waals surface area contributed by atoms with Crippen LogP contribution in [0.15, 0.2) is 42.5 Å². The van der Waals surface area contributed by atoms with Crippen LogP contribution in [0.4, 0.5) is 0 Å². The maximum absolute atomic E-state index is 2.70. The third-order valence-corrected chi connectivity index (χ3v) is 5.42. The lowest BCUT2D eigenvalue weighted by molar-refractivity contribution is 0.0471. The summed E-state index contributed by atoms with van der Waals surface area (Å²) in [4.78, 5) is 5.37. The highest BCUT2D eigenvalue weighted by atomic mass is 15.3. The largest absolute Gasteiger partial charge is 0.298 e. The topological polar surface area (TPSA) is 6.48 Å². The van der Waals surface area contributed by atoms with Crippen molar-refractivity contribution in [3.63, 3.8) is 0 Å². The highest BCUT2D eigenvalue weighted by molar-refractivity contribution is 5.82. The fourth-order valence-corrected chi connectivity index (χ4v) is 4.17. The molecule has 21 heavy (non-hydrogen) atoms. The molecule has 0 aliphatic carbocycles. The molecule has 0 N–H and O–H groups in total. The summed E-state index contributed by atoms with van der Waals surface area (Å²) in [6, 6.07) is 17.1. The fourth-order valence-electron chi connectivity index (χ4n) is 4.17. The molecule has 0 radical (unpaired) electrons. The molecular weight excluding hydrogens is 256 g/mol. The predicted molar refractivity (Wildman–Crippen MR) is 88.4 cm³/mol. The Labute approximate surface area is 127 Å². The van der Waals surface area contributed by atoms with E-state index >= 15 is 0 Å². The number of hydrogen-bond acceptors (Lipinski definition) is 2. The van der Waals surface area contributed by atoms with E-state index in [2.05, 4.69) is 59.2 Å². The van der Waals surface area contributed by atoms with Gasteiger partial charge in [-0.1, -0.05) is 36.4 Å². The van der Waals surface area contributed by atoms with Crippen LogP contribution in [0.25, 0.3) is 10.8 Å². The molecular formula is C19H24N2. The number of fused-ring (bicyclic) bond motifs is 2. The third-order valence-electron chi connectivity index (χ3n) is 5.42. The van der Waals surface area contributed by atoms with Crippen molar-refractivity contribution >= 4 is 10.8 Å². The lowest BCUT2D eigenvalue weighted by atomic mass is 10.0. The molecule has 110 valence electrons. The van der Waals surface area contributed by atoms with Crippen molar-refractivity contribution in [1.82, 2.24) is 9.80 Å². The molecule has 2 aliphatic heterocycles. The summed E-state index contributed by atoms with van der Waals surface area (Å²) in [6.07, 6.45) is 2.77. The molecule has 0 amide bonds. The summed E-state index contributed by atoms with van der Waals surface area (Å²) in [5, 5.41) is 2.71. The molecule has 0 saturated carbocycles. The van der Waals surface area contributed by atoms with Crippen molar-refractivity contribution < 1.29 is 0 Å². The molecule has 2 aromatic rings. The normalized spacial score (nSPS) is 27.1. The predicted octanol–water partition coefficient (Wildman–Crippen LogP) is 3.51. The lowest BCUT2D eigenvalue weighted by Crippen LogP contribution is -2.55. The molecule has 2 aromatic carbocycles. The molecule has 2 saturated heterocycles. The van der Waals surface area contributed by atoms with Gasteiger partial charge in [-0.15, -0.1) is 0 Å². The zero-order chi connectivity index (χ0) is 14.2. The molecule has 0 aromatic heterocycles. The van der Waals surface area contributed by atoms with Crippen LogP contribution in [-0.2, 0) is 6.54 Å². The minimum atomic E-state index is 0.688. The zero-order valence-corrected chi connectivity index (χ0v) is 12.8. The Balaban J connectivity index is 1.54. The van der Waals surface area contributed by atoms with Gasteiger partial charge in [0.15, 0.2) is 0 Å². The summed E-state index contributed by atoms with van der Waals surface area (Å²) in [5.41, 5.74) is 1.45. The average Bonchev–Trinajstić information content (AvgIpc) is 2.99. The van der Waals surface area contributed by atoms with Crippen LogP contribution in [0.2, 0.25) is 0 Å². The molecule has 0 bridgehead atoms.